The summed E-state index contributed by atoms with van der Waals surface area (Å²) in [7, 11) is 0. The van der Waals surface area contributed by atoms with Gasteiger partial charge >= 0.3 is 0 Å². The summed E-state index contributed by atoms with van der Waals surface area (Å²) in [5, 5.41) is 0.785. The molecule has 0 heterocycles. The van der Waals surface area contributed by atoms with E-state index in [2.05, 4.69) is 6.07 Å². The van der Waals surface area contributed by atoms with E-state index in [-0.39, 0.29) is 5.54 Å². The predicted octanol–water partition coefficient (Wildman–Crippen LogP) is 2.94. The number of halogens is 1. The van der Waals surface area contributed by atoms with Crippen LogP contribution in [0.25, 0.3) is 0 Å². The molecular formula is C13H20ClNO. The maximum Gasteiger partial charge on any atom is 0.0646 e. The van der Waals surface area contributed by atoms with Gasteiger partial charge in [0.15, 0.2) is 0 Å². The number of hydrogen-bond donors (Lipinski definition) is 1. The Morgan fingerprint density at radius 3 is 2.69 bits per heavy atom. The van der Waals surface area contributed by atoms with Gasteiger partial charge in [-0.2, -0.15) is 0 Å². The molecular weight excluding hydrogens is 222 g/mol. The molecule has 0 fully saturated rings. The van der Waals surface area contributed by atoms with Crippen molar-refractivity contribution >= 4 is 11.6 Å². The van der Waals surface area contributed by atoms with E-state index in [4.69, 9.17) is 22.1 Å². The van der Waals surface area contributed by atoms with Gasteiger partial charge in [-0.25, -0.2) is 0 Å². The first-order chi connectivity index (χ1) is 7.44. The summed E-state index contributed by atoms with van der Waals surface area (Å²) in [5.74, 6) is 0. The maximum atomic E-state index is 6.17. The monoisotopic (exact) mass is 241 g/mol. The molecule has 0 bridgehead atoms. The van der Waals surface area contributed by atoms with Crippen LogP contribution in [0.4, 0.5) is 0 Å². The molecule has 0 radical (unpaired) electrons. The Hall–Kier alpha value is -0.570. The third-order valence-corrected chi connectivity index (χ3v) is 2.79. The fourth-order valence-electron chi connectivity index (χ4n) is 1.62. The van der Waals surface area contributed by atoms with Crippen LogP contribution in [0, 0.1) is 6.92 Å². The molecule has 1 aromatic rings. The van der Waals surface area contributed by atoms with Gasteiger partial charge in [-0.1, -0.05) is 23.7 Å². The van der Waals surface area contributed by atoms with Gasteiger partial charge in [0.1, 0.15) is 0 Å². The second-order valence-corrected chi connectivity index (χ2v) is 4.97. The standard InChI is InChI=1S/C13H20ClNO/c1-4-16-9-13(3,15)8-11-6-5-10(2)7-12(11)14/h5-7H,4,8-9,15H2,1-3H3. The average molecular weight is 242 g/mol. The summed E-state index contributed by atoms with van der Waals surface area (Å²) in [6.07, 6.45) is 0.728. The zero-order valence-electron chi connectivity index (χ0n) is 10.2. The molecule has 0 aromatic heterocycles. The highest BCUT2D eigenvalue weighted by molar-refractivity contribution is 6.31. The van der Waals surface area contributed by atoms with Crippen molar-refractivity contribution in [3.8, 4) is 0 Å². The minimum atomic E-state index is -0.366. The fourth-order valence-corrected chi connectivity index (χ4v) is 1.92. The molecule has 1 atom stereocenters. The number of benzene rings is 1. The van der Waals surface area contributed by atoms with E-state index in [1.807, 2.05) is 32.9 Å². The van der Waals surface area contributed by atoms with Crippen LogP contribution in [0.3, 0.4) is 0 Å². The molecule has 0 aliphatic heterocycles. The molecule has 0 aliphatic rings. The van der Waals surface area contributed by atoms with E-state index in [1.54, 1.807) is 0 Å². The van der Waals surface area contributed by atoms with Crippen molar-refractivity contribution in [3.63, 3.8) is 0 Å². The zero-order valence-corrected chi connectivity index (χ0v) is 11.0. The molecule has 0 saturated carbocycles. The van der Waals surface area contributed by atoms with Gasteiger partial charge in [0, 0.05) is 17.2 Å². The normalized spacial score (nSPS) is 14.8. The quantitative estimate of drug-likeness (QED) is 0.860. The predicted molar refractivity (Wildman–Crippen MR) is 69.0 cm³/mol. The smallest absolute Gasteiger partial charge is 0.0646 e. The Morgan fingerprint density at radius 1 is 1.44 bits per heavy atom. The summed E-state index contributed by atoms with van der Waals surface area (Å²) in [6, 6.07) is 6.06. The molecule has 0 amide bonds. The molecule has 1 aromatic carbocycles. The lowest BCUT2D eigenvalue weighted by molar-refractivity contribution is 0.101. The Labute approximate surface area is 103 Å². The van der Waals surface area contributed by atoms with Crippen LogP contribution < -0.4 is 5.73 Å². The summed E-state index contributed by atoms with van der Waals surface area (Å²) in [4.78, 5) is 0. The van der Waals surface area contributed by atoms with E-state index >= 15 is 0 Å². The largest absolute Gasteiger partial charge is 0.380 e. The van der Waals surface area contributed by atoms with Crippen molar-refractivity contribution in [1.82, 2.24) is 0 Å². The summed E-state index contributed by atoms with van der Waals surface area (Å²) < 4.78 is 5.37. The molecule has 2 N–H and O–H groups in total. The molecule has 0 spiro atoms. The molecule has 0 saturated heterocycles. The first-order valence-electron chi connectivity index (χ1n) is 5.56. The molecule has 90 valence electrons. The molecule has 16 heavy (non-hydrogen) atoms. The Bertz CT molecular complexity index is 350. The van der Waals surface area contributed by atoms with Crippen molar-refractivity contribution in [1.29, 1.82) is 0 Å². The van der Waals surface area contributed by atoms with Crippen LogP contribution in [0.5, 0.6) is 0 Å². The highest BCUT2D eigenvalue weighted by Gasteiger charge is 2.20. The number of aryl methyl sites for hydroxylation is 1. The van der Waals surface area contributed by atoms with Crippen LogP contribution in [-0.4, -0.2) is 18.8 Å². The van der Waals surface area contributed by atoms with E-state index in [0.29, 0.717) is 13.2 Å². The first-order valence-corrected chi connectivity index (χ1v) is 5.94. The first kappa shape index (κ1) is 13.5. The number of ether oxygens (including phenoxy) is 1. The van der Waals surface area contributed by atoms with E-state index < -0.39 is 0 Å². The lowest BCUT2D eigenvalue weighted by Crippen LogP contribution is -2.43. The van der Waals surface area contributed by atoms with Crippen LogP contribution >= 0.6 is 11.6 Å². The highest BCUT2D eigenvalue weighted by atomic mass is 35.5. The second kappa shape index (κ2) is 5.67. The number of rotatable bonds is 5. The van der Waals surface area contributed by atoms with Gasteiger partial charge in [-0.3, -0.25) is 0 Å². The van der Waals surface area contributed by atoms with Crippen molar-refractivity contribution in [2.75, 3.05) is 13.2 Å². The van der Waals surface area contributed by atoms with E-state index in [1.165, 1.54) is 0 Å². The Morgan fingerprint density at radius 2 is 2.12 bits per heavy atom. The van der Waals surface area contributed by atoms with Crippen molar-refractivity contribution < 1.29 is 4.74 Å². The molecule has 1 rings (SSSR count). The van der Waals surface area contributed by atoms with Gasteiger partial charge in [0.25, 0.3) is 0 Å². The Balaban J connectivity index is 2.71. The maximum absolute atomic E-state index is 6.17. The van der Waals surface area contributed by atoms with Gasteiger partial charge in [0.05, 0.1) is 6.61 Å². The average Bonchev–Trinajstić information content (AvgIpc) is 2.19. The van der Waals surface area contributed by atoms with Crippen molar-refractivity contribution in [3.05, 3.63) is 34.3 Å². The molecule has 3 heteroatoms. The van der Waals surface area contributed by atoms with Gasteiger partial charge < -0.3 is 10.5 Å². The van der Waals surface area contributed by atoms with Crippen LogP contribution in [-0.2, 0) is 11.2 Å². The van der Waals surface area contributed by atoms with Crippen LogP contribution in [0.15, 0.2) is 18.2 Å². The zero-order chi connectivity index (χ0) is 12.2. The van der Waals surface area contributed by atoms with Crippen LogP contribution in [0.1, 0.15) is 25.0 Å². The third kappa shape index (κ3) is 4.12. The van der Waals surface area contributed by atoms with Crippen LogP contribution in [0.2, 0.25) is 5.02 Å². The summed E-state index contributed by atoms with van der Waals surface area (Å²) in [5.41, 5.74) is 8.04. The molecule has 0 aliphatic carbocycles. The van der Waals surface area contributed by atoms with Gasteiger partial charge in [-0.15, -0.1) is 0 Å². The Kier molecular flexibility index (Phi) is 4.78. The minimum Gasteiger partial charge on any atom is -0.380 e. The van der Waals surface area contributed by atoms with E-state index in [0.717, 1.165) is 22.6 Å². The fraction of sp³-hybridized carbons (Fsp3) is 0.538. The van der Waals surface area contributed by atoms with Gasteiger partial charge in [0.2, 0.25) is 0 Å². The number of nitrogens with two attached hydrogens (primary N) is 1. The van der Waals surface area contributed by atoms with E-state index in [9.17, 15) is 0 Å². The van der Waals surface area contributed by atoms with Gasteiger partial charge in [-0.05, 0) is 44.4 Å². The third-order valence-electron chi connectivity index (χ3n) is 2.44. The minimum absolute atomic E-state index is 0.366. The lowest BCUT2D eigenvalue weighted by Gasteiger charge is -2.24. The second-order valence-electron chi connectivity index (χ2n) is 4.56. The van der Waals surface area contributed by atoms with Crippen molar-refractivity contribution in [2.24, 2.45) is 5.73 Å². The number of hydrogen-bond acceptors (Lipinski definition) is 2. The topological polar surface area (TPSA) is 35.2 Å². The molecule has 2 nitrogen and oxygen atoms in total. The molecule has 1 unspecified atom stereocenters. The lowest BCUT2D eigenvalue weighted by atomic mass is 9.94. The summed E-state index contributed by atoms with van der Waals surface area (Å²) >= 11 is 6.17. The summed E-state index contributed by atoms with van der Waals surface area (Å²) in [6.45, 7) is 7.22. The SMILES string of the molecule is CCOCC(C)(N)Cc1ccc(C)cc1Cl. The highest BCUT2D eigenvalue weighted by Crippen LogP contribution is 2.21. The van der Waals surface area contributed by atoms with Crippen molar-refractivity contribution in [2.45, 2.75) is 32.7 Å².